The summed E-state index contributed by atoms with van der Waals surface area (Å²) in [7, 11) is 0. The average molecular weight is 225 g/mol. The maximum absolute atomic E-state index is 11.5. The molecule has 0 aromatic heterocycles. The molecule has 1 aliphatic carbocycles. The van der Waals surface area contributed by atoms with Gasteiger partial charge in [0.05, 0.1) is 12.5 Å². The molecule has 2 rings (SSSR count). The lowest BCUT2D eigenvalue weighted by Gasteiger charge is -2.27. The molecule has 0 aromatic rings. The summed E-state index contributed by atoms with van der Waals surface area (Å²) in [5.74, 6) is 1.84. The molecule has 1 amide bonds. The van der Waals surface area contributed by atoms with Crippen molar-refractivity contribution in [3.63, 3.8) is 0 Å². The Morgan fingerprint density at radius 3 is 2.56 bits per heavy atom. The summed E-state index contributed by atoms with van der Waals surface area (Å²) in [6, 6.07) is 0. The minimum atomic E-state index is -0.418. The van der Waals surface area contributed by atoms with Crippen molar-refractivity contribution in [3.8, 4) is 0 Å². The van der Waals surface area contributed by atoms with Crippen LogP contribution in [-0.2, 0) is 4.79 Å². The Bertz CT molecular complexity index is 246. The number of likely N-dealkylation sites (tertiary alicyclic amines) is 1. The fraction of sp³-hybridized carbons (Fsp3) is 0.923. The zero-order valence-electron chi connectivity index (χ0n) is 10.2. The smallest absolute Gasteiger partial charge is 0.225 e. The van der Waals surface area contributed by atoms with Gasteiger partial charge in [0.2, 0.25) is 5.91 Å². The van der Waals surface area contributed by atoms with Crippen molar-refractivity contribution in [1.82, 2.24) is 4.90 Å². The number of amides is 1. The summed E-state index contributed by atoms with van der Waals surface area (Å²) < 4.78 is 0. The molecule has 3 heteroatoms. The predicted octanol–water partition coefficient (Wildman–Crippen LogP) is 1.80. The van der Waals surface area contributed by atoms with Crippen LogP contribution in [0.2, 0.25) is 0 Å². The molecule has 1 unspecified atom stereocenters. The van der Waals surface area contributed by atoms with E-state index >= 15 is 0 Å². The number of hydrogen-bond donors (Lipinski definition) is 1. The fourth-order valence-corrected chi connectivity index (χ4v) is 2.92. The highest BCUT2D eigenvalue weighted by Gasteiger charge is 2.28. The molecular weight excluding hydrogens is 202 g/mol. The first-order valence-electron chi connectivity index (χ1n) is 6.61. The molecule has 0 spiro atoms. The molecule has 1 saturated carbocycles. The molecule has 0 bridgehead atoms. The van der Waals surface area contributed by atoms with E-state index in [0.717, 1.165) is 24.8 Å². The zero-order valence-corrected chi connectivity index (χ0v) is 10.2. The van der Waals surface area contributed by atoms with Crippen molar-refractivity contribution >= 4 is 5.91 Å². The first kappa shape index (κ1) is 11.9. The molecule has 16 heavy (non-hydrogen) atoms. The Labute approximate surface area is 97.8 Å². The van der Waals surface area contributed by atoms with Crippen molar-refractivity contribution in [1.29, 1.82) is 0 Å². The third-order valence-electron chi connectivity index (χ3n) is 4.14. The van der Waals surface area contributed by atoms with Crippen LogP contribution in [0, 0.1) is 11.8 Å². The maximum atomic E-state index is 11.5. The number of β-amino-alcohol motifs (C(OH)–C–C–N with tert-alkyl or cyclic N) is 1. The van der Waals surface area contributed by atoms with Crippen LogP contribution < -0.4 is 0 Å². The van der Waals surface area contributed by atoms with E-state index in [1.807, 2.05) is 4.90 Å². The van der Waals surface area contributed by atoms with Crippen molar-refractivity contribution in [3.05, 3.63) is 0 Å². The van der Waals surface area contributed by atoms with Gasteiger partial charge in [0.15, 0.2) is 0 Å². The van der Waals surface area contributed by atoms with Gasteiger partial charge in [-0.2, -0.15) is 0 Å². The van der Waals surface area contributed by atoms with Crippen LogP contribution in [0.4, 0.5) is 0 Å². The quantitative estimate of drug-likeness (QED) is 0.795. The van der Waals surface area contributed by atoms with Crippen molar-refractivity contribution in [2.75, 3.05) is 13.1 Å². The highest BCUT2D eigenvalue weighted by atomic mass is 16.3. The lowest BCUT2D eigenvalue weighted by Crippen LogP contribution is -2.29. The third kappa shape index (κ3) is 2.97. The van der Waals surface area contributed by atoms with Gasteiger partial charge in [-0.05, 0) is 18.3 Å². The third-order valence-corrected chi connectivity index (χ3v) is 4.14. The summed E-state index contributed by atoms with van der Waals surface area (Å²) in [6.45, 7) is 3.74. The molecule has 1 aliphatic heterocycles. The van der Waals surface area contributed by atoms with E-state index in [4.69, 9.17) is 0 Å². The Morgan fingerprint density at radius 1 is 1.31 bits per heavy atom. The summed E-state index contributed by atoms with van der Waals surface area (Å²) in [6.07, 6.45) is 6.39. The summed E-state index contributed by atoms with van der Waals surface area (Å²) in [5.41, 5.74) is 0. The second-order valence-corrected chi connectivity index (χ2v) is 5.61. The van der Waals surface area contributed by atoms with E-state index in [0.29, 0.717) is 13.0 Å². The van der Waals surface area contributed by atoms with Gasteiger partial charge in [0.1, 0.15) is 0 Å². The number of aliphatic hydroxyl groups is 1. The second kappa shape index (κ2) is 5.17. The topological polar surface area (TPSA) is 40.5 Å². The van der Waals surface area contributed by atoms with Crippen LogP contribution in [-0.4, -0.2) is 35.1 Å². The highest BCUT2D eigenvalue weighted by molar-refractivity contribution is 5.78. The summed E-state index contributed by atoms with van der Waals surface area (Å²) >= 11 is 0. The largest absolute Gasteiger partial charge is 0.391 e. The van der Waals surface area contributed by atoms with Gasteiger partial charge in [0.25, 0.3) is 0 Å². The van der Waals surface area contributed by atoms with E-state index in [1.165, 1.54) is 25.7 Å². The second-order valence-electron chi connectivity index (χ2n) is 5.61. The molecule has 3 nitrogen and oxygen atoms in total. The number of carbonyl (C=O) groups excluding carboxylic acids is 1. The Hall–Kier alpha value is -0.570. The first-order valence-corrected chi connectivity index (χ1v) is 6.61. The minimum absolute atomic E-state index is 0.136. The lowest BCUT2D eigenvalue weighted by atomic mass is 9.81. The van der Waals surface area contributed by atoms with Crippen LogP contribution in [0.1, 0.15) is 45.4 Å². The van der Waals surface area contributed by atoms with Gasteiger partial charge in [-0.1, -0.05) is 32.6 Å². The zero-order chi connectivity index (χ0) is 11.5. The standard InChI is InChI=1S/C13H23NO2/c1-10-2-4-11(5-3-10)6-7-14-9-12(15)8-13(14)16/h10-12,15H,2-9H2,1H3. The Morgan fingerprint density at radius 2 is 2.00 bits per heavy atom. The average Bonchev–Trinajstić information content (AvgIpc) is 2.57. The van der Waals surface area contributed by atoms with E-state index in [9.17, 15) is 9.90 Å². The molecule has 1 atom stereocenters. The van der Waals surface area contributed by atoms with Crippen molar-refractivity contribution in [2.24, 2.45) is 11.8 Å². The fourth-order valence-electron chi connectivity index (χ4n) is 2.92. The molecule has 92 valence electrons. The monoisotopic (exact) mass is 225 g/mol. The number of aliphatic hydroxyl groups excluding tert-OH is 1. The predicted molar refractivity (Wildman–Crippen MR) is 62.9 cm³/mol. The van der Waals surface area contributed by atoms with Gasteiger partial charge in [0, 0.05) is 13.1 Å². The van der Waals surface area contributed by atoms with E-state index < -0.39 is 6.10 Å². The molecule has 0 aromatic carbocycles. The first-order chi connectivity index (χ1) is 7.65. The van der Waals surface area contributed by atoms with E-state index in [2.05, 4.69) is 6.92 Å². The summed E-state index contributed by atoms with van der Waals surface area (Å²) in [4.78, 5) is 13.3. The van der Waals surface area contributed by atoms with E-state index in [1.54, 1.807) is 0 Å². The maximum Gasteiger partial charge on any atom is 0.225 e. The van der Waals surface area contributed by atoms with Crippen LogP contribution in [0.3, 0.4) is 0 Å². The number of hydrogen-bond acceptors (Lipinski definition) is 2. The Kier molecular flexibility index (Phi) is 3.85. The molecule has 0 radical (unpaired) electrons. The van der Waals surface area contributed by atoms with Gasteiger partial charge < -0.3 is 10.0 Å². The van der Waals surface area contributed by atoms with Crippen LogP contribution in [0.15, 0.2) is 0 Å². The van der Waals surface area contributed by atoms with Crippen molar-refractivity contribution < 1.29 is 9.90 Å². The molecule has 2 fully saturated rings. The molecular formula is C13H23NO2. The van der Waals surface area contributed by atoms with Gasteiger partial charge in [-0.15, -0.1) is 0 Å². The molecule has 2 aliphatic rings. The van der Waals surface area contributed by atoms with Gasteiger partial charge in [-0.3, -0.25) is 4.79 Å². The molecule has 1 N–H and O–H groups in total. The van der Waals surface area contributed by atoms with Gasteiger partial charge >= 0.3 is 0 Å². The normalized spacial score (nSPS) is 35.8. The number of carbonyl (C=O) groups is 1. The van der Waals surface area contributed by atoms with Crippen molar-refractivity contribution in [2.45, 2.75) is 51.6 Å². The van der Waals surface area contributed by atoms with Crippen LogP contribution >= 0.6 is 0 Å². The molecule has 1 heterocycles. The minimum Gasteiger partial charge on any atom is -0.391 e. The lowest BCUT2D eigenvalue weighted by molar-refractivity contribution is -0.127. The molecule has 1 saturated heterocycles. The Balaban J connectivity index is 1.69. The van der Waals surface area contributed by atoms with Crippen LogP contribution in [0.5, 0.6) is 0 Å². The summed E-state index contributed by atoms with van der Waals surface area (Å²) in [5, 5.41) is 9.38. The van der Waals surface area contributed by atoms with E-state index in [-0.39, 0.29) is 5.91 Å². The highest BCUT2D eigenvalue weighted by Crippen LogP contribution is 2.30. The van der Waals surface area contributed by atoms with Gasteiger partial charge in [-0.25, -0.2) is 0 Å². The number of nitrogens with zero attached hydrogens (tertiary/aromatic N) is 1. The van der Waals surface area contributed by atoms with Crippen LogP contribution in [0.25, 0.3) is 0 Å². The number of rotatable bonds is 3. The SMILES string of the molecule is CC1CCC(CCN2CC(O)CC2=O)CC1.